The minimum Gasteiger partial charge on any atom is -0.339 e. The van der Waals surface area contributed by atoms with E-state index in [0.29, 0.717) is 18.2 Å². The van der Waals surface area contributed by atoms with Crippen LogP contribution in [0.15, 0.2) is 4.52 Å². The highest BCUT2D eigenvalue weighted by molar-refractivity contribution is 5.03. The third kappa shape index (κ3) is 3.30. The Morgan fingerprint density at radius 2 is 2.12 bits per heavy atom. The summed E-state index contributed by atoms with van der Waals surface area (Å²) in [6.07, 6.45) is 4.06. The summed E-state index contributed by atoms with van der Waals surface area (Å²) in [6.45, 7) is 6.57. The first-order chi connectivity index (χ1) is 7.44. The SMILES string of the molecule is CC(C)(C)CC(N)Cc1nc(C2CC2)no1. The highest BCUT2D eigenvalue weighted by Crippen LogP contribution is 2.38. The number of hydrogen-bond acceptors (Lipinski definition) is 4. The van der Waals surface area contributed by atoms with Crippen LogP contribution in [0, 0.1) is 5.41 Å². The van der Waals surface area contributed by atoms with E-state index in [2.05, 4.69) is 30.9 Å². The van der Waals surface area contributed by atoms with Crippen LogP contribution in [0.5, 0.6) is 0 Å². The van der Waals surface area contributed by atoms with Gasteiger partial charge in [-0.15, -0.1) is 0 Å². The van der Waals surface area contributed by atoms with Crippen LogP contribution >= 0.6 is 0 Å². The molecular formula is C12H21N3O. The number of hydrogen-bond donors (Lipinski definition) is 1. The van der Waals surface area contributed by atoms with E-state index in [-0.39, 0.29) is 11.5 Å². The summed E-state index contributed by atoms with van der Waals surface area (Å²) in [5, 5.41) is 3.99. The molecule has 1 aliphatic carbocycles. The van der Waals surface area contributed by atoms with Crippen molar-refractivity contribution in [2.45, 2.75) is 58.4 Å². The number of rotatable bonds is 4. The summed E-state index contributed by atoms with van der Waals surface area (Å²) in [7, 11) is 0. The molecule has 0 amide bonds. The van der Waals surface area contributed by atoms with Crippen molar-refractivity contribution in [3.8, 4) is 0 Å². The zero-order valence-corrected chi connectivity index (χ0v) is 10.4. The lowest BCUT2D eigenvalue weighted by molar-refractivity contribution is 0.312. The summed E-state index contributed by atoms with van der Waals surface area (Å²) in [5.74, 6) is 2.12. The first kappa shape index (κ1) is 11.6. The molecule has 0 aromatic carbocycles. The Morgan fingerprint density at radius 1 is 1.44 bits per heavy atom. The molecule has 0 radical (unpaired) electrons. The Morgan fingerprint density at radius 3 is 2.69 bits per heavy atom. The van der Waals surface area contributed by atoms with Crippen molar-refractivity contribution in [3.63, 3.8) is 0 Å². The molecule has 0 bridgehead atoms. The zero-order valence-electron chi connectivity index (χ0n) is 10.4. The molecule has 0 spiro atoms. The van der Waals surface area contributed by atoms with Crippen LogP contribution in [0.3, 0.4) is 0 Å². The average molecular weight is 223 g/mol. The molecule has 0 aliphatic heterocycles. The molecule has 1 heterocycles. The first-order valence-electron chi connectivity index (χ1n) is 6.02. The Labute approximate surface area is 96.6 Å². The summed E-state index contributed by atoms with van der Waals surface area (Å²) in [4.78, 5) is 4.38. The first-order valence-corrected chi connectivity index (χ1v) is 6.02. The summed E-state index contributed by atoms with van der Waals surface area (Å²) in [6, 6.07) is 0.104. The van der Waals surface area contributed by atoms with Crippen LogP contribution in [0.4, 0.5) is 0 Å². The Hall–Kier alpha value is -0.900. The minimum atomic E-state index is 0.104. The topological polar surface area (TPSA) is 64.9 Å². The minimum absolute atomic E-state index is 0.104. The molecule has 1 aromatic heterocycles. The van der Waals surface area contributed by atoms with E-state index in [1.54, 1.807) is 0 Å². The molecule has 0 saturated heterocycles. The maximum atomic E-state index is 6.07. The molecule has 4 nitrogen and oxygen atoms in total. The van der Waals surface area contributed by atoms with E-state index in [9.17, 15) is 0 Å². The van der Waals surface area contributed by atoms with Crippen molar-refractivity contribution in [1.29, 1.82) is 0 Å². The van der Waals surface area contributed by atoms with Gasteiger partial charge in [-0.3, -0.25) is 0 Å². The quantitative estimate of drug-likeness (QED) is 0.850. The molecule has 1 fully saturated rings. The zero-order chi connectivity index (χ0) is 11.8. The lowest BCUT2D eigenvalue weighted by Gasteiger charge is -2.21. The van der Waals surface area contributed by atoms with Gasteiger partial charge in [-0.05, 0) is 24.7 Å². The lowest BCUT2D eigenvalue weighted by Crippen LogP contribution is -2.28. The van der Waals surface area contributed by atoms with Gasteiger partial charge in [0.05, 0.1) is 0 Å². The molecule has 2 rings (SSSR count). The molecule has 1 aliphatic rings. The van der Waals surface area contributed by atoms with Gasteiger partial charge in [0.25, 0.3) is 0 Å². The van der Waals surface area contributed by atoms with E-state index in [1.165, 1.54) is 12.8 Å². The molecule has 1 saturated carbocycles. The average Bonchev–Trinajstić information content (AvgIpc) is 2.85. The Kier molecular flexibility index (Phi) is 3.02. The summed E-state index contributed by atoms with van der Waals surface area (Å²) >= 11 is 0. The predicted molar refractivity (Wildman–Crippen MR) is 62.0 cm³/mol. The van der Waals surface area contributed by atoms with Crippen molar-refractivity contribution in [3.05, 3.63) is 11.7 Å². The van der Waals surface area contributed by atoms with Gasteiger partial charge >= 0.3 is 0 Å². The van der Waals surface area contributed by atoms with Crippen LogP contribution in [-0.4, -0.2) is 16.2 Å². The van der Waals surface area contributed by atoms with E-state index in [4.69, 9.17) is 10.3 Å². The van der Waals surface area contributed by atoms with Gasteiger partial charge in [-0.25, -0.2) is 0 Å². The Bertz CT molecular complexity index is 349. The van der Waals surface area contributed by atoms with Crippen LogP contribution in [0.1, 0.15) is 57.7 Å². The molecule has 2 N–H and O–H groups in total. The van der Waals surface area contributed by atoms with Crippen LogP contribution in [-0.2, 0) is 6.42 Å². The van der Waals surface area contributed by atoms with E-state index >= 15 is 0 Å². The summed E-state index contributed by atoms with van der Waals surface area (Å²) < 4.78 is 5.21. The highest BCUT2D eigenvalue weighted by atomic mass is 16.5. The summed E-state index contributed by atoms with van der Waals surface area (Å²) in [5.41, 5.74) is 6.31. The van der Waals surface area contributed by atoms with Gasteiger partial charge in [-0.2, -0.15) is 4.98 Å². The molecule has 1 atom stereocenters. The van der Waals surface area contributed by atoms with Crippen molar-refractivity contribution >= 4 is 0 Å². The van der Waals surface area contributed by atoms with Crippen LogP contribution in [0.25, 0.3) is 0 Å². The van der Waals surface area contributed by atoms with E-state index in [0.717, 1.165) is 12.2 Å². The molecule has 1 aromatic rings. The third-order valence-corrected chi connectivity index (χ3v) is 2.74. The van der Waals surface area contributed by atoms with Crippen LogP contribution < -0.4 is 5.73 Å². The van der Waals surface area contributed by atoms with E-state index < -0.39 is 0 Å². The van der Waals surface area contributed by atoms with Gasteiger partial charge in [-0.1, -0.05) is 25.9 Å². The molecule has 1 unspecified atom stereocenters. The van der Waals surface area contributed by atoms with Gasteiger partial charge in [0.2, 0.25) is 5.89 Å². The van der Waals surface area contributed by atoms with Gasteiger partial charge in [0.15, 0.2) is 5.82 Å². The number of nitrogens with two attached hydrogens (primary N) is 1. The highest BCUT2D eigenvalue weighted by Gasteiger charge is 2.29. The standard InChI is InChI=1S/C12H21N3O/c1-12(2,3)7-9(13)6-10-14-11(15-16-10)8-4-5-8/h8-9H,4-7,13H2,1-3H3. The largest absolute Gasteiger partial charge is 0.339 e. The Balaban J connectivity index is 1.87. The van der Waals surface area contributed by atoms with Gasteiger partial charge < -0.3 is 10.3 Å². The third-order valence-electron chi connectivity index (χ3n) is 2.74. The number of aromatic nitrogens is 2. The van der Waals surface area contributed by atoms with Crippen molar-refractivity contribution in [1.82, 2.24) is 10.1 Å². The van der Waals surface area contributed by atoms with Crippen molar-refractivity contribution < 1.29 is 4.52 Å². The van der Waals surface area contributed by atoms with E-state index in [1.807, 2.05) is 0 Å². The number of nitrogens with zero attached hydrogens (tertiary/aromatic N) is 2. The second kappa shape index (κ2) is 4.17. The smallest absolute Gasteiger partial charge is 0.228 e. The van der Waals surface area contributed by atoms with Crippen LogP contribution in [0.2, 0.25) is 0 Å². The normalized spacial score (nSPS) is 18.8. The second-order valence-corrected chi connectivity index (χ2v) is 6.05. The fraction of sp³-hybridized carbons (Fsp3) is 0.833. The molecule has 90 valence electrons. The van der Waals surface area contributed by atoms with Gasteiger partial charge in [0.1, 0.15) is 0 Å². The monoisotopic (exact) mass is 223 g/mol. The van der Waals surface area contributed by atoms with Gasteiger partial charge in [0, 0.05) is 18.4 Å². The fourth-order valence-corrected chi connectivity index (χ4v) is 1.94. The maximum absolute atomic E-state index is 6.07. The fourth-order valence-electron chi connectivity index (χ4n) is 1.94. The maximum Gasteiger partial charge on any atom is 0.228 e. The molecule has 16 heavy (non-hydrogen) atoms. The molecular weight excluding hydrogens is 202 g/mol. The van der Waals surface area contributed by atoms with Crippen molar-refractivity contribution in [2.75, 3.05) is 0 Å². The predicted octanol–water partition coefficient (Wildman–Crippen LogP) is 2.25. The van der Waals surface area contributed by atoms with Crippen molar-refractivity contribution in [2.24, 2.45) is 11.1 Å². The second-order valence-electron chi connectivity index (χ2n) is 6.05. The molecule has 4 heteroatoms. The lowest BCUT2D eigenvalue weighted by atomic mass is 9.87.